The predicted octanol–water partition coefficient (Wildman–Crippen LogP) is 4.57. The number of pyridine rings is 1. The first-order valence-electron chi connectivity index (χ1n) is 9.43. The van der Waals surface area contributed by atoms with Gasteiger partial charge in [-0.05, 0) is 84.8 Å². The largest absolute Gasteiger partial charge is 0.494 e. The number of H-pyrrole nitrogens is 1. The van der Waals surface area contributed by atoms with Crippen molar-refractivity contribution in [3.63, 3.8) is 0 Å². The number of hydrogen-bond donors (Lipinski definition) is 2. The van der Waals surface area contributed by atoms with Gasteiger partial charge >= 0.3 is 0 Å². The van der Waals surface area contributed by atoms with Crippen molar-refractivity contribution in [3.05, 3.63) is 67.5 Å². The first-order valence-corrected chi connectivity index (χ1v) is 10.5. The average Bonchev–Trinajstić information content (AvgIpc) is 3.07. The number of rotatable bonds is 4. The van der Waals surface area contributed by atoms with Crippen molar-refractivity contribution < 1.29 is 5.11 Å². The van der Waals surface area contributed by atoms with Gasteiger partial charge in [-0.1, -0.05) is 12.1 Å². The summed E-state index contributed by atoms with van der Waals surface area (Å²) in [6, 6.07) is 14.3. The van der Waals surface area contributed by atoms with Gasteiger partial charge in [0.1, 0.15) is 0 Å². The zero-order valence-corrected chi connectivity index (χ0v) is 17.8. The molecule has 1 aliphatic heterocycles. The van der Waals surface area contributed by atoms with Gasteiger partial charge < -0.3 is 5.11 Å². The highest BCUT2D eigenvalue weighted by Gasteiger charge is 2.19. The standard InChI is InChI=1S/C22H22IN3O2/c1-14-3-2-10-26(14)13-15-4-7-17(8-5-15)24-12-20-19-11-16(23)6-9-18(19)21(27)25-22(20)28/h4-9,11-12,14H,2-3,10,13H2,1H3,(H2,25,27,28). The van der Waals surface area contributed by atoms with E-state index in [4.69, 9.17) is 0 Å². The van der Waals surface area contributed by atoms with Crippen molar-refractivity contribution in [2.75, 3.05) is 6.54 Å². The molecule has 1 aliphatic rings. The Balaban J connectivity index is 1.59. The molecule has 28 heavy (non-hydrogen) atoms. The van der Waals surface area contributed by atoms with Gasteiger partial charge in [-0.2, -0.15) is 0 Å². The number of aliphatic imine (C=N–C) groups is 1. The van der Waals surface area contributed by atoms with Crippen LogP contribution >= 0.6 is 22.6 Å². The number of aromatic hydroxyl groups is 1. The first-order chi connectivity index (χ1) is 13.5. The molecule has 2 N–H and O–H groups in total. The molecule has 1 unspecified atom stereocenters. The number of nitrogens with one attached hydrogen (secondary N) is 1. The third-order valence-electron chi connectivity index (χ3n) is 5.36. The van der Waals surface area contributed by atoms with Gasteiger partial charge in [-0.15, -0.1) is 0 Å². The van der Waals surface area contributed by atoms with Gasteiger partial charge in [0.15, 0.2) is 0 Å². The summed E-state index contributed by atoms with van der Waals surface area (Å²) in [7, 11) is 0. The van der Waals surface area contributed by atoms with Crippen molar-refractivity contribution in [2.24, 2.45) is 4.99 Å². The van der Waals surface area contributed by atoms with Crippen LogP contribution in [-0.2, 0) is 6.54 Å². The summed E-state index contributed by atoms with van der Waals surface area (Å²) >= 11 is 2.19. The van der Waals surface area contributed by atoms with Gasteiger partial charge in [-0.3, -0.25) is 19.7 Å². The molecule has 1 atom stereocenters. The Morgan fingerprint density at radius 3 is 2.75 bits per heavy atom. The summed E-state index contributed by atoms with van der Waals surface area (Å²) in [5.41, 5.74) is 2.30. The number of aromatic nitrogens is 1. The fraction of sp³-hybridized carbons (Fsp3) is 0.273. The second-order valence-electron chi connectivity index (χ2n) is 7.29. The van der Waals surface area contributed by atoms with Crippen molar-refractivity contribution >= 4 is 45.3 Å². The number of fused-ring (bicyclic) bond motifs is 1. The number of hydrogen-bond acceptors (Lipinski definition) is 4. The zero-order chi connectivity index (χ0) is 19.7. The average molecular weight is 487 g/mol. The molecule has 6 heteroatoms. The number of nitrogens with zero attached hydrogens (tertiary/aromatic N) is 2. The zero-order valence-electron chi connectivity index (χ0n) is 15.7. The van der Waals surface area contributed by atoms with Crippen LogP contribution in [0.15, 0.2) is 52.3 Å². The maximum atomic E-state index is 12.1. The van der Waals surface area contributed by atoms with Crippen LogP contribution in [0.25, 0.3) is 10.8 Å². The summed E-state index contributed by atoms with van der Waals surface area (Å²) < 4.78 is 0.991. The molecule has 1 fully saturated rings. The fourth-order valence-corrected chi connectivity index (χ4v) is 4.22. The van der Waals surface area contributed by atoms with Gasteiger partial charge in [0.25, 0.3) is 5.56 Å². The minimum atomic E-state index is -0.304. The molecule has 0 aliphatic carbocycles. The summed E-state index contributed by atoms with van der Waals surface area (Å²) in [4.78, 5) is 21.6. The molecule has 3 aromatic rings. The van der Waals surface area contributed by atoms with Crippen LogP contribution in [0.4, 0.5) is 5.69 Å². The minimum Gasteiger partial charge on any atom is -0.494 e. The summed E-state index contributed by atoms with van der Waals surface area (Å²) in [5, 5.41) is 11.5. The number of halogens is 1. The van der Waals surface area contributed by atoms with Gasteiger partial charge in [0, 0.05) is 33.1 Å². The van der Waals surface area contributed by atoms with E-state index >= 15 is 0 Å². The van der Waals surface area contributed by atoms with Crippen molar-refractivity contribution in [1.29, 1.82) is 0 Å². The molecule has 5 nitrogen and oxygen atoms in total. The number of likely N-dealkylation sites (tertiary alicyclic amines) is 1. The quantitative estimate of drug-likeness (QED) is 0.419. The van der Waals surface area contributed by atoms with Crippen molar-refractivity contribution in [1.82, 2.24) is 9.88 Å². The van der Waals surface area contributed by atoms with Crippen LogP contribution in [0.3, 0.4) is 0 Å². The van der Waals surface area contributed by atoms with E-state index in [1.807, 2.05) is 24.3 Å². The molecule has 0 saturated carbocycles. The lowest BCUT2D eigenvalue weighted by molar-refractivity contribution is 0.260. The van der Waals surface area contributed by atoms with Crippen LogP contribution in [0.1, 0.15) is 30.9 Å². The van der Waals surface area contributed by atoms with E-state index in [1.165, 1.54) is 24.9 Å². The third kappa shape index (κ3) is 3.98. The molecule has 1 aromatic heterocycles. The van der Waals surface area contributed by atoms with Crippen LogP contribution in [0.2, 0.25) is 0 Å². The van der Waals surface area contributed by atoms with Crippen LogP contribution in [0, 0.1) is 3.57 Å². The van der Waals surface area contributed by atoms with Crippen LogP contribution < -0.4 is 5.56 Å². The molecular formula is C22H22IN3O2. The molecule has 0 radical (unpaired) electrons. The minimum absolute atomic E-state index is 0.164. The number of benzene rings is 2. The Morgan fingerprint density at radius 1 is 1.25 bits per heavy atom. The maximum Gasteiger partial charge on any atom is 0.258 e. The lowest BCUT2D eigenvalue weighted by Crippen LogP contribution is -2.26. The molecule has 2 aromatic carbocycles. The molecule has 2 heterocycles. The van der Waals surface area contributed by atoms with Crippen LogP contribution in [0.5, 0.6) is 5.88 Å². The molecule has 144 valence electrons. The fourth-order valence-electron chi connectivity index (χ4n) is 3.73. The monoisotopic (exact) mass is 487 g/mol. The molecular weight excluding hydrogens is 465 g/mol. The predicted molar refractivity (Wildman–Crippen MR) is 122 cm³/mol. The summed E-state index contributed by atoms with van der Waals surface area (Å²) in [6.07, 6.45) is 4.16. The summed E-state index contributed by atoms with van der Waals surface area (Å²) in [6.45, 7) is 4.42. The molecule has 0 bridgehead atoms. The van der Waals surface area contributed by atoms with E-state index < -0.39 is 0 Å². The van der Waals surface area contributed by atoms with Crippen LogP contribution in [-0.4, -0.2) is 33.8 Å². The molecule has 1 saturated heterocycles. The first kappa shape index (κ1) is 19.1. The van der Waals surface area contributed by atoms with Gasteiger partial charge in [-0.25, -0.2) is 0 Å². The SMILES string of the molecule is CC1CCCN1Cc1ccc(N=Cc2c(O)[nH]c(=O)c3ccc(I)cc23)cc1. The van der Waals surface area contributed by atoms with Crippen molar-refractivity contribution in [3.8, 4) is 5.88 Å². The third-order valence-corrected chi connectivity index (χ3v) is 6.03. The van der Waals surface area contributed by atoms with E-state index in [1.54, 1.807) is 12.3 Å². The molecule has 4 rings (SSSR count). The van der Waals surface area contributed by atoms with Gasteiger partial charge in [0.2, 0.25) is 5.88 Å². The molecule has 0 amide bonds. The van der Waals surface area contributed by atoms with E-state index in [0.29, 0.717) is 22.4 Å². The normalized spacial score (nSPS) is 17.7. The Hall–Kier alpha value is -2.19. The Kier molecular flexibility index (Phi) is 5.50. The topological polar surface area (TPSA) is 68.7 Å². The van der Waals surface area contributed by atoms with E-state index in [-0.39, 0.29) is 11.4 Å². The van der Waals surface area contributed by atoms with E-state index in [2.05, 4.69) is 56.5 Å². The Bertz CT molecular complexity index is 1090. The second-order valence-corrected chi connectivity index (χ2v) is 8.54. The van der Waals surface area contributed by atoms with E-state index in [0.717, 1.165) is 15.8 Å². The number of aromatic amines is 1. The highest BCUT2D eigenvalue weighted by atomic mass is 127. The van der Waals surface area contributed by atoms with Crippen molar-refractivity contribution in [2.45, 2.75) is 32.4 Å². The second kappa shape index (κ2) is 8.05. The Morgan fingerprint density at radius 2 is 2.04 bits per heavy atom. The van der Waals surface area contributed by atoms with E-state index in [9.17, 15) is 9.90 Å². The highest BCUT2D eigenvalue weighted by molar-refractivity contribution is 14.1. The maximum absolute atomic E-state index is 12.1. The Labute approximate surface area is 177 Å². The lowest BCUT2D eigenvalue weighted by Gasteiger charge is -2.20. The molecule has 0 spiro atoms. The van der Waals surface area contributed by atoms with Gasteiger partial charge in [0.05, 0.1) is 11.3 Å². The summed E-state index contributed by atoms with van der Waals surface area (Å²) in [5.74, 6) is -0.164. The lowest BCUT2D eigenvalue weighted by atomic mass is 10.1. The highest BCUT2D eigenvalue weighted by Crippen LogP contribution is 2.24. The smallest absolute Gasteiger partial charge is 0.258 e.